The Morgan fingerprint density at radius 1 is 0.704 bits per heavy atom. The molecule has 3 rings (SSSR count). The van der Waals surface area contributed by atoms with Gasteiger partial charge in [0.1, 0.15) is 12.1 Å². The first kappa shape index (κ1) is 18.9. The molecule has 0 saturated heterocycles. The van der Waals surface area contributed by atoms with E-state index in [9.17, 15) is 5.11 Å². The van der Waals surface area contributed by atoms with Crippen LogP contribution >= 0.6 is 0 Å². The van der Waals surface area contributed by atoms with Gasteiger partial charge in [0.05, 0.1) is 14.1 Å². The van der Waals surface area contributed by atoms with E-state index >= 15 is 0 Å². The van der Waals surface area contributed by atoms with Crippen molar-refractivity contribution in [1.29, 1.82) is 0 Å². The smallest absolute Gasteiger partial charge is 0.138 e. The largest absolute Gasteiger partial charge is 0.379 e. The van der Waals surface area contributed by atoms with Gasteiger partial charge in [-0.1, -0.05) is 90.8 Å². The van der Waals surface area contributed by atoms with E-state index in [1.807, 2.05) is 60.7 Å². The molecule has 0 aliphatic carbocycles. The topological polar surface area (TPSA) is 24.7 Å². The van der Waals surface area contributed by atoms with Crippen LogP contribution in [-0.4, -0.2) is 25.7 Å². The van der Waals surface area contributed by atoms with E-state index in [1.54, 1.807) is 0 Å². The zero-order valence-corrected chi connectivity index (χ0v) is 15.9. The molecule has 3 aromatic carbocycles. The summed E-state index contributed by atoms with van der Waals surface area (Å²) < 4.78 is 0. The summed E-state index contributed by atoms with van der Waals surface area (Å²) in [5.74, 6) is 6.35. The first-order valence-corrected chi connectivity index (χ1v) is 9.28. The van der Waals surface area contributed by atoms with E-state index in [2.05, 4.69) is 50.2 Å². The highest BCUT2D eigenvalue weighted by Crippen LogP contribution is 2.34. The first-order valence-electron chi connectivity index (χ1n) is 9.28. The Labute approximate surface area is 162 Å². The lowest BCUT2D eigenvalue weighted by Crippen LogP contribution is -3.05. The molecule has 0 unspecified atom stereocenters. The molecule has 0 aromatic heterocycles. The fourth-order valence-electron chi connectivity index (χ4n) is 3.08. The Bertz CT molecular complexity index is 905. The standard InChI is InChI=1S/C25H25NO/c1-26(2)20-10-9-19-25(27,23-13-7-4-8-14-23)24-17-15-22(16-18-24)21-11-5-3-6-12-21/h3-8,11-18,27H,19-20H2,1-2H3/p+1/t25-/m0/s1. The van der Waals surface area contributed by atoms with Crippen LogP contribution in [0.4, 0.5) is 0 Å². The van der Waals surface area contributed by atoms with Gasteiger partial charge in [0.15, 0.2) is 0 Å². The second-order valence-electron chi connectivity index (χ2n) is 7.08. The summed E-state index contributed by atoms with van der Waals surface area (Å²) >= 11 is 0. The summed E-state index contributed by atoms with van der Waals surface area (Å²) in [6.07, 6.45) is 0.370. The van der Waals surface area contributed by atoms with E-state index in [0.29, 0.717) is 6.42 Å². The third-order valence-electron chi connectivity index (χ3n) is 4.63. The number of hydrogen-bond donors (Lipinski definition) is 2. The maximum absolute atomic E-state index is 11.6. The number of quaternary nitrogens is 1. The molecule has 0 heterocycles. The molecule has 2 N–H and O–H groups in total. The summed E-state index contributed by atoms with van der Waals surface area (Å²) in [6.45, 7) is 0.762. The Morgan fingerprint density at radius 2 is 1.22 bits per heavy atom. The van der Waals surface area contributed by atoms with Crippen LogP contribution in [0.1, 0.15) is 17.5 Å². The van der Waals surface area contributed by atoms with Gasteiger partial charge in [0, 0.05) is 6.42 Å². The summed E-state index contributed by atoms with van der Waals surface area (Å²) in [5.41, 5.74) is 2.91. The van der Waals surface area contributed by atoms with Gasteiger partial charge in [-0.15, -0.1) is 0 Å². The minimum Gasteiger partial charge on any atom is -0.379 e. The van der Waals surface area contributed by atoms with Crippen molar-refractivity contribution >= 4 is 0 Å². The van der Waals surface area contributed by atoms with E-state index < -0.39 is 5.60 Å². The molecule has 0 fully saturated rings. The number of hydrogen-bond acceptors (Lipinski definition) is 1. The molecule has 3 aromatic rings. The van der Waals surface area contributed by atoms with Crippen molar-refractivity contribution in [3.8, 4) is 23.0 Å². The van der Waals surface area contributed by atoms with Gasteiger partial charge in [-0.2, -0.15) is 0 Å². The summed E-state index contributed by atoms with van der Waals surface area (Å²) in [6, 6.07) is 28.2. The van der Waals surface area contributed by atoms with Crippen LogP contribution in [0.25, 0.3) is 11.1 Å². The monoisotopic (exact) mass is 356 g/mol. The van der Waals surface area contributed by atoms with E-state index in [0.717, 1.165) is 23.2 Å². The lowest BCUT2D eigenvalue weighted by Gasteiger charge is -2.27. The second kappa shape index (κ2) is 8.68. The summed E-state index contributed by atoms with van der Waals surface area (Å²) in [4.78, 5) is 1.28. The van der Waals surface area contributed by atoms with Crippen LogP contribution in [0.5, 0.6) is 0 Å². The van der Waals surface area contributed by atoms with E-state index in [4.69, 9.17) is 0 Å². The third-order valence-corrected chi connectivity index (χ3v) is 4.63. The van der Waals surface area contributed by atoms with Crippen LogP contribution < -0.4 is 4.90 Å². The molecule has 0 amide bonds. The van der Waals surface area contributed by atoms with Crippen LogP contribution in [0.3, 0.4) is 0 Å². The number of benzene rings is 3. The zero-order valence-electron chi connectivity index (χ0n) is 15.9. The highest BCUT2D eigenvalue weighted by molar-refractivity contribution is 5.64. The molecule has 0 saturated carbocycles. The molecular formula is C25H26NO+. The maximum Gasteiger partial charge on any atom is 0.138 e. The molecule has 2 nitrogen and oxygen atoms in total. The number of nitrogens with one attached hydrogen (secondary N) is 1. The average Bonchev–Trinajstić information content (AvgIpc) is 2.72. The molecule has 136 valence electrons. The molecule has 1 atom stereocenters. The SMILES string of the molecule is C[NH+](C)CC#CC[C@](O)(c1ccccc1)c1ccc(-c2ccccc2)cc1. The summed E-state index contributed by atoms with van der Waals surface area (Å²) in [5, 5.41) is 11.6. The quantitative estimate of drug-likeness (QED) is 0.675. The molecule has 2 heteroatoms. The van der Waals surface area contributed by atoms with Crippen molar-refractivity contribution in [1.82, 2.24) is 0 Å². The number of aliphatic hydroxyl groups is 1. The number of rotatable bonds is 5. The highest BCUT2D eigenvalue weighted by atomic mass is 16.3. The Balaban J connectivity index is 1.94. The predicted molar refractivity (Wildman–Crippen MR) is 111 cm³/mol. The van der Waals surface area contributed by atoms with E-state index in [1.165, 1.54) is 10.5 Å². The predicted octanol–water partition coefficient (Wildman–Crippen LogP) is 3.13. The van der Waals surface area contributed by atoms with Gasteiger partial charge in [0.25, 0.3) is 0 Å². The lowest BCUT2D eigenvalue weighted by molar-refractivity contribution is -0.850. The fraction of sp³-hybridized carbons (Fsp3) is 0.200. The summed E-state index contributed by atoms with van der Waals surface area (Å²) in [7, 11) is 4.14. The van der Waals surface area contributed by atoms with Gasteiger partial charge >= 0.3 is 0 Å². The van der Waals surface area contributed by atoms with Crippen LogP contribution in [-0.2, 0) is 5.60 Å². The average molecular weight is 356 g/mol. The highest BCUT2D eigenvalue weighted by Gasteiger charge is 2.30. The first-order chi connectivity index (χ1) is 13.1. The van der Waals surface area contributed by atoms with Crippen molar-refractivity contribution in [3.63, 3.8) is 0 Å². The van der Waals surface area contributed by atoms with Crippen molar-refractivity contribution < 1.29 is 10.0 Å². The van der Waals surface area contributed by atoms with Crippen LogP contribution in [0, 0.1) is 11.8 Å². The maximum atomic E-state index is 11.6. The van der Waals surface area contributed by atoms with E-state index in [-0.39, 0.29) is 0 Å². The van der Waals surface area contributed by atoms with Crippen LogP contribution in [0.2, 0.25) is 0 Å². The molecule has 0 bridgehead atoms. The van der Waals surface area contributed by atoms with Crippen molar-refractivity contribution in [2.45, 2.75) is 12.0 Å². The Kier molecular flexibility index (Phi) is 6.08. The Hall–Kier alpha value is -2.86. The van der Waals surface area contributed by atoms with Gasteiger partial charge in [-0.05, 0) is 28.2 Å². The van der Waals surface area contributed by atoms with Gasteiger partial charge in [-0.25, -0.2) is 0 Å². The van der Waals surface area contributed by atoms with Crippen LogP contribution in [0.15, 0.2) is 84.9 Å². The van der Waals surface area contributed by atoms with Crippen molar-refractivity contribution in [2.24, 2.45) is 0 Å². The fourth-order valence-corrected chi connectivity index (χ4v) is 3.08. The molecule has 0 aliphatic rings. The van der Waals surface area contributed by atoms with Gasteiger partial charge in [0.2, 0.25) is 0 Å². The zero-order chi connectivity index (χ0) is 19.1. The van der Waals surface area contributed by atoms with Crippen molar-refractivity contribution in [2.75, 3.05) is 20.6 Å². The van der Waals surface area contributed by atoms with Crippen molar-refractivity contribution in [3.05, 3.63) is 96.1 Å². The molecule has 0 spiro atoms. The lowest BCUT2D eigenvalue weighted by atomic mass is 9.83. The normalized spacial score (nSPS) is 12.9. The van der Waals surface area contributed by atoms with Gasteiger partial charge in [-0.3, -0.25) is 0 Å². The minimum atomic E-state index is -1.12. The molecule has 27 heavy (non-hydrogen) atoms. The Morgan fingerprint density at radius 3 is 1.81 bits per heavy atom. The minimum absolute atomic E-state index is 0.370. The second-order valence-corrected chi connectivity index (χ2v) is 7.08. The molecule has 0 radical (unpaired) electrons. The molecular weight excluding hydrogens is 330 g/mol. The third kappa shape index (κ3) is 4.65. The molecule has 0 aliphatic heterocycles. The van der Waals surface area contributed by atoms with Gasteiger partial charge < -0.3 is 10.0 Å².